The highest BCUT2D eigenvalue weighted by molar-refractivity contribution is 6.21. The Balaban J connectivity index is 1.76. The van der Waals surface area contributed by atoms with Gasteiger partial charge < -0.3 is 8.83 Å². The monoisotopic (exact) mass is 406 g/mol. The maximum Gasteiger partial charge on any atom is 0.231 e. The Labute approximate surface area is 179 Å². The molecule has 31 heavy (non-hydrogen) atoms. The van der Waals surface area contributed by atoms with Gasteiger partial charge in [0.15, 0.2) is 0 Å². The molecule has 0 aliphatic carbocycles. The molecule has 6 aromatic rings. The molecule has 0 aliphatic rings. The van der Waals surface area contributed by atoms with E-state index in [0.717, 1.165) is 44.3 Å². The fourth-order valence-electron chi connectivity index (χ4n) is 4.62. The lowest BCUT2D eigenvalue weighted by Gasteiger charge is -2.22. The Hall–Kier alpha value is -3.66. The SMILES string of the molecule is Cc1cc2c(ccc3oc4ncnc(-c5cc(C(C)(C)C)c6ccccc6c5)c4c32)o1. The van der Waals surface area contributed by atoms with Gasteiger partial charge in [-0.2, -0.15) is 0 Å². The summed E-state index contributed by atoms with van der Waals surface area (Å²) in [7, 11) is 0. The predicted octanol–water partition coefficient (Wildman–Crippen LogP) is 7.55. The van der Waals surface area contributed by atoms with Crippen LogP contribution in [0.4, 0.5) is 0 Å². The van der Waals surface area contributed by atoms with E-state index >= 15 is 0 Å². The topological polar surface area (TPSA) is 52.1 Å². The zero-order valence-corrected chi connectivity index (χ0v) is 18.0. The van der Waals surface area contributed by atoms with E-state index < -0.39 is 0 Å². The number of aromatic nitrogens is 2. The molecule has 3 aromatic carbocycles. The van der Waals surface area contributed by atoms with Crippen LogP contribution in [0.5, 0.6) is 0 Å². The van der Waals surface area contributed by atoms with Crippen molar-refractivity contribution >= 4 is 43.8 Å². The highest BCUT2D eigenvalue weighted by Gasteiger charge is 2.22. The molecule has 0 saturated carbocycles. The van der Waals surface area contributed by atoms with Gasteiger partial charge in [-0.05, 0) is 59.0 Å². The van der Waals surface area contributed by atoms with Crippen LogP contribution in [0.15, 0.2) is 69.8 Å². The maximum absolute atomic E-state index is 6.12. The number of aryl methyl sites for hydroxylation is 1. The summed E-state index contributed by atoms with van der Waals surface area (Å²) in [6.45, 7) is 8.71. The van der Waals surface area contributed by atoms with Crippen molar-refractivity contribution in [1.82, 2.24) is 9.97 Å². The number of hydrogen-bond donors (Lipinski definition) is 0. The number of hydrogen-bond acceptors (Lipinski definition) is 4. The summed E-state index contributed by atoms with van der Waals surface area (Å²) in [5, 5.41) is 5.44. The van der Waals surface area contributed by atoms with Crippen LogP contribution in [0.2, 0.25) is 0 Å². The van der Waals surface area contributed by atoms with Crippen molar-refractivity contribution in [1.29, 1.82) is 0 Å². The molecule has 0 spiro atoms. The lowest BCUT2D eigenvalue weighted by Crippen LogP contribution is -2.12. The van der Waals surface area contributed by atoms with Gasteiger partial charge in [0.1, 0.15) is 23.3 Å². The van der Waals surface area contributed by atoms with Crippen molar-refractivity contribution in [2.24, 2.45) is 0 Å². The van der Waals surface area contributed by atoms with E-state index in [9.17, 15) is 0 Å². The molecule has 0 unspecified atom stereocenters. The Morgan fingerprint density at radius 2 is 1.58 bits per heavy atom. The van der Waals surface area contributed by atoms with Crippen LogP contribution >= 0.6 is 0 Å². The van der Waals surface area contributed by atoms with Crippen LogP contribution in [0.1, 0.15) is 32.1 Å². The minimum absolute atomic E-state index is 0.00480. The average molecular weight is 406 g/mol. The van der Waals surface area contributed by atoms with Crippen LogP contribution in [0.25, 0.3) is 55.1 Å². The summed E-state index contributed by atoms with van der Waals surface area (Å²) in [5.74, 6) is 0.871. The highest BCUT2D eigenvalue weighted by Crippen LogP contribution is 2.41. The first-order valence-corrected chi connectivity index (χ1v) is 10.5. The van der Waals surface area contributed by atoms with Gasteiger partial charge in [0.25, 0.3) is 0 Å². The quantitative estimate of drug-likeness (QED) is 0.283. The second kappa shape index (κ2) is 6.17. The molecule has 0 aliphatic heterocycles. The van der Waals surface area contributed by atoms with Crippen LogP contribution in [0.3, 0.4) is 0 Å². The standard InChI is InChI=1S/C27H22N2O2/c1-15-11-19-21(30-15)9-10-22-23(19)24-25(28-14-29-26(24)31-22)17-12-16-7-5-6-8-18(16)20(13-17)27(2,3)4/h5-14H,1-4H3. The summed E-state index contributed by atoms with van der Waals surface area (Å²) in [4.78, 5) is 9.18. The summed E-state index contributed by atoms with van der Waals surface area (Å²) in [6, 6.07) is 19.0. The molecule has 0 amide bonds. The van der Waals surface area contributed by atoms with E-state index in [1.165, 1.54) is 16.3 Å². The molecule has 4 nitrogen and oxygen atoms in total. The van der Waals surface area contributed by atoms with E-state index in [2.05, 4.69) is 68.2 Å². The second-order valence-electron chi connectivity index (χ2n) is 9.21. The molecule has 152 valence electrons. The lowest BCUT2D eigenvalue weighted by molar-refractivity contribution is 0.578. The van der Waals surface area contributed by atoms with E-state index in [1.807, 2.05) is 19.1 Å². The fraction of sp³-hybridized carbons (Fsp3) is 0.185. The van der Waals surface area contributed by atoms with E-state index in [1.54, 1.807) is 6.33 Å². The molecule has 0 radical (unpaired) electrons. The zero-order valence-electron chi connectivity index (χ0n) is 18.0. The van der Waals surface area contributed by atoms with Crippen LogP contribution in [0, 0.1) is 6.92 Å². The largest absolute Gasteiger partial charge is 0.461 e. The van der Waals surface area contributed by atoms with E-state index in [4.69, 9.17) is 13.8 Å². The van der Waals surface area contributed by atoms with Crippen molar-refractivity contribution in [2.45, 2.75) is 33.1 Å². The average Bonchev–Trinajstić information content (AvgIpc) is 3.31. The lowest BCUT2D eigenvalue weighted by atomic mass is 9.82. The molecule has 0 atom stereocenters. The summed E-state index contributed by atoms with van der Waals surface area (Å²) in [5.41, 5.74) is 5.47. The van der Waals surface area contributed by atoms with E-state index in [-0.39, 0.29) is 5.41 Å². The molecule has 0 N–H and O–H groups in total. The van der Waals surface area contributed by atoms with Gasteiger partial charge in [0, 0.05) is 16.3 Å². The van der Waals surface area contributed by atoms with Crippen molar-refractivity contribution in [3.63, 3.8) is 0 Å². The number of nitrogens with zero attached hydrogens (tertiary/aromatic N) is 2. The van der Waals surface area contributed by atoms with Crippen molar-refractivity contribution in [3.05, 3.63) is 72.2 Å². The van der Waals surface area contributed by atoms with Gasteiger partial charge >= 0.3 is 0 Å². The van der Waals surface area contributed by atoms with Crippen molar-refractivity contribution in [3.8, 4) is 11.3 Å². The van der Waals surface area contributed by atoms with Crippen LogP contribution < -0.4 is 0 Å². The molecular weight excluding hydrogens is 384 g/mol. The molecular formula is C27H22N2O2. The normalized spacial score (nSPS) is 12.5. The van der Waals surface area contributed by atoms with Gasteiger partial charge in [-0.15, -0.1) is 0 Å². The minimum Gasteiger partial charge on any atom is -0.461 e. The van der Waals surface area contributed by atoms with Crippen LogP contribution in [-0.4, -0.2) is 9.97 Å². The van der Waals surface area contributed by atoms with Gasteiger partial charge in [0.05, 0.1) is 11.1 Å². The smallest absolute Gasteiger partial charge is 0.231 e. The molecule has 3 heterocycles. The van der Waals surface area contributed by atoms with Gasteiger partial charge in [-0.25, -0.2) is 9.97 Å². The third-order valence-electron chi connectivity index (χ3n) is 6.00. The Morgan fingerprint density at radius 1 is 0.774 bits per heavy atom. The number of benzene rings is 3. The third-order valence-corrected chi connectivity index (χ3v) is 6.00. The number of rotatable bonds is 1. The molecule has 0 saturated heterocycles. The zero-order chi connectivity index (χ0) is 21.3. The van der Waals surface area contributed by atoms with Crippen molar-refractivity contribution in [2.75, 3.05) is 0 Å². The van der Waals surface area contributed by atoms with Gasteiger partial charge in [-0.1, -0.05) is 45.0 Å². The van der Waals surface area contributed by atoms with Gasteiger partial charge in [0.2, 0.25) is 5.71 Å². The Morgan fingerprint density at radius 3 is 2.42 bits per heavy atom. The number of furan rings is 2. The Kier molecular flexibility index (Phi) is 3.61. The second-order valence-corrected chi connectivity index (χ2v) is 9.21. The van der Waals surface area contributed by atoms with Crippen molar-refractivity contribution < 1.29 is 8.83 Å². The minimum atomic E-state index is -0.00480. The molecule has 0 bridgehead atoms. The third kappa shape index (κ3) is 2.68. The van der Waals surface area contributed by atoms with E-state index in [0.29, 0.717) is 5.71 Å². The first-order valence-electron chi connectivity index (χ1n) is 10.5. The van der Waals surface area contributed by atoms with Gasteiger partial charge in [-0.3, -0.25) is 0 Å². The first-order chi connectivity index (χ1) is 14.9. The molecule has 6 rings (SSSR count). The molecule has 0 fully saturated rings. The van der Waals surface area contributed by atoms with Crippen LogP contribution in [-0.2, 0) is 5.41 Å². The summed E-state index contributed by atoms with van der Waals surface area (Å²) < 4.78 is 12.0. The fourth-order valence-corrected chi connectivity index (χ4v) is 4.62. The summed E-state index contributed by atoms with van der Waals surface area (Å²) in [6.07, 6.45) is 1.59. The first kappa shape index (κ1) is 18.1. The molecule has 4 heteroatoms. The Bertz CT molecular complexity index is 1630. The highest BCUT2D eigenvalue weighted by atomic mass is 16.3. The summed E-state index contributed by atoms with van der Waals surface area (Å²) >= 11 is 0. The maximum atomic E-state index is 6.12. The molecule has 3 aromatic heterocycles. The predicted molar refractivity (Wildman–Crippen MR) is 125 cm³/mol. The number of fused-ring (bicyclic) bond motifs is 6.